The van der Waals surface area contributed by atoms with Gasteiger partial charge in [0.2, 0.25) is 0 Å². The molecule has 5 nitrogen and oxygen atoms in total. The van der Waals surface area contributed by atoms with E-state index in [1.807, 2.05) is 6.92 Å². The van der Waals surface area contributed by atoms with Gasteiger partial charge in [0.15, 0.2) is 4.96 Å². The van der Waals surface area contributed by atoms with Gasteiger partial charge < -0.3 is 5.32 Å². The van der Waals surface area contributed by atoms with E-state index in [0.717, 1.165) is 4.88 Å². The van der Waals surface area contributed by atoms with Gasteiger partial charge in [0.25, 0.3) is 11.5 Å². The van der Waals surface area contributed by atoms with Crippen molar-refractivity contribution in [1.82, 2.24) is 14.7 Å². The first-order chi connectivity index (χ1) is 8.13. The molecular weight excluding hydrogens is 238 g/mol. The van der Waals surface area contributed by atoms with Gasteiger partial charge >= 0.3 is 0 Å². The Hall–Kier alpha value is -2.13. The van der Waals surface area contributed by atoms with Crippen molar-refractivity contribution in [3.05, 3.63) is 33.2 Å². The van der Waals surface area contributed by atoms with Crippen LogP contribution in [0.15, 0.2) is 17.2 Å². The zero-order valence-electron chi connectivity index (χ0n) is 9.06. The first-order valence-electron chi connectivity index (χ1n) is 4.83. The predicted molar refractivity (Wildman–Crippen MR) is 65.2 cm³/mol. The van der Waals surface area contributed by atoms with Crippen LogP contribution in [0.3, 0.4) is 0 Å². The molecule has 2 aromatic rings. The van der Waals surface area contributed by atoms with Gasteiger partial charge in [0, 0.05) is 17.3 Å². The van der Waals surface area contributed by atoms with E-state index in [4.69, 9.17) is 6.42 Å². The van der Waals surface area contributed by atoms with Crippen molar-refractivity contribution in [3.8, 4) is 12.3 Å². The number of hydrogen-bond donors (Lipinski definition) is 1. The number of carbonyl (C=O) groups is 1. The number of amides is 1. The summed E-state index contributed by atoms with van der Waals surface area (Å²) < 4.78 is 1.37. The van der Waals surface area contributed by atoms with Crippen LogP contribution in [-0.4, -0.2) is 21.8 Å². The second-order valence-electron chi connectivity index (χ2n) is 3.36. The van der Waals surface area contributed by atoms with Crippen molar-refractivity contribution in [2.24, 2.45) is 0 Å². The second-order valence-corrected chi connectivity index (χ2v) is 4.57. The Morgan fingerprint density at radius 3 is 3.18 bits per heavy atom. The number of aromatic nitrogens is 2. The molecule has 0 atom stereocenters. The Morgan fingerprint density at radius 1 is 1.71 bits per heavy atom. The van der Waals surface area contributed by atoms with Crippen LogP contribution in [0, 0.1) is 19.3 Å². The van der Waals surface area contributed by atoms with Crippen LogP contribution in [0.2, 0.25) is 0 Å². The fraction of sp³-hybridized carbons (Fsp3) is 0.182. The third-order valence-corrected chi connectivity index (χ3v) is 3.03. The molecule has 0 aliphatic carbocycles. The van der Waals surface area contributed by atoms with Crippen LogP contribution in [0.4, 0.5) is 0 Å². The summed E-state index contributed by atoms with van der Waals surface area (Å²) in [5.74, 6) is 1.77. The third-order valence-electron chi connectivity index (χ3n) is 2.12. The maximum absolute atomic E-state index is 12.0. The molecule has 2 rings (SSSR count). The zero-order valence-corrected chi connectivity index (χ0v) is 9.87. The number of carbonyl (C=O) groups excluding carboxylic acids is 1. The highest BCUT2D eigenvalue weighted by molar-refractivity contribution is 7.16. The monoisotopic (exact) mass is 247 g/mol. The first-order valence-corrected chi connectivity index (χ1v) is 5.64. The van der Waals surface area contributed by atoms with Gasteiger partial charge in [0.05, 0.1) is 6.54 Å². The topological polar surface area (TPSA) is 63.5 Å². The van der Waals surface area contributed by atoms with Crippen LogP contribution in [0.1, 0.15) is 15.2 Å². The number of nitrogens with one attached hydrogen (secondary N) is 1. The molecule has 2 heterocycles. The molecule has 0 saturated carbocycles. The normalized spacial score (nSPS) is 10.1. The average Bonchev–Trinajstić information content (AvgIpc) is 2.68. The SMILES string of the molecule is C#CCNC(=O)c1cnc2sc(C)cn2c1=O. The number of nitrogens with zero attached hydrogens (tertiary/aromatic N) is 2. The molecule has 0 bridgehead atoms. The summed E-state index contributed by atoms with van der Waals surface area (Å²) in [7, 11) is 0. The van der Waals surface area contributed by atoms with Gasteiger partial charge in [-0.3, -0.25) is 14.0 Å². The first kappa shape index (κ1) is 11.4. The minimum absolute atomic E-state index is 0.00412. The van der Waals surface area contributed by atoms with Crippen molar-refractivity contribution in [1.29, 1.82) is 0 Å². The molecule has 86 valence electrons. The Kier molecular flexibility index (Phi) is 2.93. The Labute approximate surface area is 101 Å². The maximum atomic E-state index is 12.0. The van der Waals surface area contributed by atoms with Gasteiger partial charge in [-0.1, -0.05) is 5.92 Å². The van der Waals surface area contributed by atoms with Crippen LogP contribution in [-0.2, 0) is 0 Å². The van der Waals surface area contributed by atoms with Crippen molar-refractivity contribution < 1.29 is 4.79 Å². The van der Waals surface area contributed by atoms with Crippen LogP contribution in [0.5, 0.6) is 0 Å². The highest BCUT2D eigenvalue weighted by Crippen LogP contribution is 2.12. The molecule has 0 aromatic carbocycles. The molecule has 17 heavy (non-hydrogen) atoms. The number of hydrogen-bond acceptors (Lipinski definition) is 4. The minimum Gasteiger partial charge on any atom is -0.341 e. The maximum Gasteiger partial charge on any atom is 0.271 e. The Balaban J connectivity index is 2.49. The number of aryl methyl sites for hydroxylation is 1. The van der Waals surface area contributed by atoms with Gasteiger partial charge in [0.1, 0.15) is 5.56 Å². The molecule has 0 unspecified atom stereocenters. The molecule has 0 spiro atoms. The van der Waals surface area contributed by atoms with Crippen molar-refractivity contribution in [3.63, 3.8) is 0 Å². The molecule has 2 aromatic heterocycles. The molecule has 0 saturated heterocycles. The van der Waals surface area contributed by atoms with E-state index in [1.54, 1.807) is 6.20 Å². The van der Waals surface area contributed by atoms with E-state index in [1.165, 1.54) is 21.9 Å². The lowest BCUT2D eigenvalue weighted by Gasteiger charge is -2.00. The quantitative estimate of drug-likeness (QED) is 0.783. The predicted octanol–water partition coefficient (Wildman–Crippen LogP) is 0.427. The Morgan fingerprint density at radius 2 is 2.47 bits per heavy atom. The fourth-order valence-corrected chi connectivity index (χ4v) is 2.16. The van der Waals surface area contributed by atoms with Crippen molar-refractivity contribution in [2.45, 2.75) is 6.92 Å². The van der Waals surface area contributed by atoms with Gasteiger partial charge in [-0.2, -0.15) is 0 Å². The third kappa shape index (κ3) is 2.05. The lowest BCUT2D eigenvalue weighted by molar-refractivity contribution is 0.0956. The van der Waals surface area contributed by atoms with Crippen LogP contribution >= 0.6 is 11.3 Å². The van der Waals surface area contributed by atoms with E-state index in [9.17, 15) is 9.59 Å². The fourth-order valence-electron chi connectivity index (χ4n) is 1.38. The Bertz CT molecular complexity index is 678. The lowest BCUT2D eigenvalue weighted by Crippen LogP contribution is -2.31. The minimum atomic E-state index is -0.501. The number of fused-ring (bicyclic) bond motifs is 1. The van der Waals surface area contributed by atoms with Gasteiger partial charge in [-0.25, -0.2) is 4.98 Å². The summed E-state index contributed by atoms with van der Waals surface area (Å²) in [5, 5.41) is 2.44. The van der Waals surface area contributed by atoms with Crippen molar-refractivity contribution >= 4 is 22.2 Å². The number of thiazole rings is 1. The summed E-state index contributed by atoms with van der Waals surface area (Å²) >= 11 is 1.39. The zero-order chi connectivity index (χ0) is 12.4. The van der Waals surface area contributed by atoms with E-state index in [-0.39, 0.29) is 17.7 Å². The number of terminal acetylenes is 1. The molecule has 0 aliphatic heterocycles. The van der Waals surface area contributed by atoms with Crippen LogP contribution in [0.25, 0.3) is 4.96 Å². The lowest BCUT2D eigenvalue weighted by atomic mass is 10.3. The molecule has 1 amide bonds. The molecule has 6 heteroatoms. The molecule has 1 N–H and O–H groups in total. The summed E-state index contributed by atoms with van der Waals surface area (Å²) in [6, 6.07) is 0. The second kappa shape index (κ2) is 4.39. The summed E-state index contributed by atoms with van der Waals surface area (Å²) in [6.45, 7) is 1.96. The van der Waals surface area contributed by atoms with E-state index in [0.29, 0.717) is 4.96 Å². The molecule has 0 fully saturated rings. The van der Waals surface area contributed by atoms with E-state index >= 15 is 0 Å². The molecule has 0 radical (unpaired) electrons. The van der Waals surface area contributed by atoms with Crippen LogP contribution < -0.4 is 10.9 Å². The highest BCUT2D eigenvalue weighted by Gasteiger charge is 2.13. The molecule has 0 aliphatic rings. The largest absolute Gasteiger partial charge is 0.341 e. The van der Waals surface area contributed by atoms with Gasteiger partial charge in [-0.15, -0.1) is 17.8 Å². The van der Waals surface area contributed by atoms with Crippen molar-refractivity contribution in [2.75, 3.05) is 6.54 Å². The summed E-state index contributed by atoms with van der Waals surface area (Å²) in [5.41, 5.74) is -0.385. The standard InChI is InChI=1S/C11H9N3O2S/c1-3-4-12-9(15)8-5-13-11-14(10(8)16)6-7(2)17-11/h1,5-6H,4H2,2H3,(H,12,15). The molecular formula is C11H9N3O2S. The highest BCUT2D eigenvalue weighted by atomic mass is 32.1. The summed E-state index contributed by atoms with van der Waals surface area (Å²) in [6.07, 6.45) is 7.96. The smallest absolute Gasteiger partial charge is 0.271 e. The average molecular weight is 247 g/mol. The van der Waals surface area contributed by atoms with E-state index < -0.39 is 5.91 Å². The number of rotatable bonds is 2. The van der Waals surface area contributed by atoms with E-state index in [2.05, 4.69) is 16.2 Å². The van der Waals surface area contributed by atoms with Gasteiger partial charge in [-0.05, 0) is 6.92 Å². The summed E-state index contributed by atoms with van der Waals surface area (Å²) in [4.78, 5) is 29.2.